The second-order valence-corrected chi connectivity index (χ2v) is 10.4. The van der Waals surface area contributed by atoms with Crippen LogP contribution >= 0.6 is 0 Å². The molecule has 0 bridgehead atoms. The summed E-state index contributed by atoms with van der Waals surface area (Å²) in [6.07, 6.45) is -4.91. The van der Waals surface area contributed by atoms with E-state index in [1.54, 1.807) is 36.4 Å². The zero-order valence-electron chi connectivity index (χ0n) is 22.1. The lowest BCUT2D eigenvalue weighted by molar-refractivity contribution is -0.138. The molecular weight excluding hydrogens is 518 g/mol. The van der Waals surface area contributed by atoms with Gasteiger partial charge in [-0.25, -0.2) is 4.39 Å². The van der Waals surface area contributed by atoms with Crippen LogP contribution in [0, 0.1) is 11.7 Å². The largest absolute Gasteiger partial charge is 0.491 e. The number of anilines is 1. The Morgan fingerprint density at radius 3 is 2.46 bits per heavy atom. The van der Waals surface area contributed by atoms with Gasteiger partial charge in [0.05, 0.1) is 30.8 Å². The minimum Gasteiger partial charge on any atom is -0.491 e. The van der Waals surface area contributed by atoms with Crippen molar-refractivity contribution in [1.29, 1.82) is 0 Å². The van der Waals surface area contributed by atoms with E-state index in [0.717, 1.165) is 0 Å². The Morgan fingerprint density at radius 2 is 1.85 bits per heavy atom. The van der Waals surface area contributed by atoms with Gasteiger partial charge in [0, 0.05) is 37.9 Å². The average molecular weight is 552 g/mol. The van der Waals surface area contributed by atoms with Gasteiger partial charge in [-0.1, -0.05) is 19.1 Å². The third kappa shape index (κ3) is 7.33. The Bertz CT molecular complexity index is 1190. The molecule has 11 heteroatoms. The van der Waals surface area contributed by atoms with Crippen molar-refractivity contribution in [1.82, 2.24) is 5.01 Å². The molecule has 4 rings (SSSR count). The number of aliphatic carboxylic acids is 1. The maximum absolute atomic E-state index is 14.6. The van der Waals surface area contributed by atoms with E-state index in [1.807, 2.05) is 25.7 Å². The third-order valence-electron chi connectivity index (χ3n) is 6.85. The Balaban J connectivity index is 1.36. The number of hydrogen-bond acceptors (Lipinski definition) is 6. The molecule has 1 N–H and O–H groups in total. The highest BCUT2D eigenvalue weighted by Crippen LogP contribution is 2.32. The van der Waals surface area contributed by atoms with Gasteiger partial charge in [-0.2, -0.15) is 18.3 Å². The van der Waals surface area contributed by atoms with Crippen LogP contribution in [0.1, 0.15) is 45.6 Å². The molecule has 0 amide bonds. The first kappa shape index (κ1) is 28.5. The molecule has 0 aliphatic carbocycles. The summed E-state index contributed by atoms with van der Waals surface area (Å²) in [4.78, 5) is 13.1. The molecule has 0 spiro atoms. The minimum absolute atomic E-state index is 0.0145. The average Bonchev–Trinajstić information content (AvgIpc) is 3.24. The summed E-state index contributed by atoms with van der Waals surface area (Å²) in [5.41, 5.74) is 0.224. The molecule has 2 aromatic carbocycles. The number of halogens is 4. The summed E-state index contributed by atoms with van der Waals surface area (Å²) in [6, 6.07) is 10.9. The molecule has 2 heterocycles. The predicted octanol–water partition coefficient (Wildman–Crippen LogP) is 5.87. The Morgan fingerprint density at radius 1 is 1.15 bits per heavy atom. The summed E-state index contributed by atoms with van der Waals surface area (Å²) in [7, 11) is 0. The highest BCUT2D eigenvalue weighted by atomic mass is 19.4. The summed E-state index contributed by atoms with van der Waals surface area (Å²) >= 11 is 0. The van der Waals surface area contributed by atoms with E-state index in [1.165, 1.54) is 11.1 Å². The lowest BCUT2D eigenvalue weighted by atomic mass is 9.95. The van der Waals surface area contributed by atoms with Gasteiger partial charge in [-0.05, 0) is 43.7 Å². The number of alkyl halides is 3. The van der Waals surface area contributed by atoms with Crippen molar-refractivity contribution in [2.24, 2.45) is 11.0 Å². The van der Waals surface area contributed by atoms with Gasteiger partial charge < -0.3 is 19.5 Å². The van der Waals surface area contributed by atoms with E-state index >= 15 is 0 Å². The van der Waals surface area contributed by atoms with Crippen molar-refractivity contribution >= 4 is 17.4 Å². The Labute approximate surface area is 225 Å². The van der Waals surface area contributed by atoms with E-state index in [0.29, 0.717) is 42.3 Å². The molecule has 2 unspecified atom stereocenters. The van der Waals surface area contributed by atoms with Crippen molar-refractivity contribution in [2.45, 2.75) is 71.0 Å². The van der Waals surface area contributed by atoms with E-state index in [9.17, 15) is 22.4 Å². The molecule has 2 aliphatic rings. The highest BCUT2D eigenvalue weighted by Gasteiger charge is 2.43. The van der Waals surface area contributed by atoms with Crippen LogP contribution in [0.4, 0.5) is 23.2 Å². The summed E-state index contributed by atoms with van der Waals surface area (Å²) < 4.78 is 65.9. The lowest BCUT2D eigenvalue weighted by Gasteiger charge is -2.38. The van der Waals surface area contributed by atoms with Crippen molar-refractivity contribution < 1.29 is 36.9 Å². The zero-order chi connectivity index (χ0) is 28.3. The summed E-state index contributed by atoms with van der Waals surface area (Å²) in [6.45, 7) is 7.14. The van der Waals surface area contributed by atoms with Crippen LogP contribution in [0.2, 0.25) is 0 Å². The van der Waals surface area contributed by atoms with Crippen LogP contribution in [-0.4, -0.2) is 59.3 Å². The van der Waals surface area contributed by atoms with Gasteiger partial charge in [0.25, 0.3) is 0 Å². The number of hydrogen-bond donors (Lipinski definition) is 1. The normalized spacial score (nSPS) is 21.7. The minimum atomic E-state index is -4.59. The van der Waals surface area contributed by atoms with E-state index in [2.05, 4.69) is 5.10 Å². The second kappa shape index (κ2) is 11.7. The van der Waals surface area contributed by atoms with E-state index < -0.39 is 36.7 Å². The second-order valence-electron chi connectivity index (χ2n) is 10.4. The topological polar surface area (TPSA) is 74.6 Å². The van der Waals surface area contributed by atoms with Crippen LogP contribution in [0.3, 0.4) is 0 Å². The molecule has 3 atom stereocenters. The molecule has 7 nitrogen and oxygen atoms in total. The monoisotopic (exact) mass is 551 g/mol. The number of benzene rings is 2. The first-order chi connectivity index (χ1) is 18.4. The van der Waals surface area contributed by atoms with Gasteiger partial charge in [-0.3, -0.25) is 9.80 Å². The third-order valence-corrected chi connectivity index (χ3v) is 6.85. The number of carbonyl (C=O) groups is 1. The summed E-state index contributed by atoms with van der Waals surface area (Å²) in [5.74, 6) is -0.138. The van der Waals surface area contributed by atoms with E-state index in [-0.39, 0.29) is 30.5 Å². The molecule has 0 saturated carbocycles. The zero-order valence-corrected chi connectivity index (χ0v) is 22.1. The summed E-state index contributed by atoms with van der Waals surface area (Å²) in [5, 5.41) is 14.0. The van der Waals surface area contributed by atoms with Gasteiger partial charge in [0.15, 0.2) is 0 Å². The number of nitrogens with zero attached hydrogens (tertiary/aromatic N) is 3. The highest BCUT2D eigenvalue weighted by molar-refractivity contribution is 5.91. The molecule has 1 fully saturated rings. The van der Waals surface area contributed by atoms with Gasteiger partial charge in [0.1, 0.15) is 29.1 Å². The maximum Gasteiger partial charge on any atom is 0.431 e. The maximum atomic E-state index is 14.6. The predicted molar refractivity (Wildman–Crippen MR) is 139 cm³/mol. The van der Waals surface area contributed by atoms with E-state index in [4.69, 9.17) is 14.6 Å². The molecule has 212 valence electrons. The fourth-order valence-corrected chi connectivity index (χ4v) is 4.96. The fraction of sp³-hybridized carbons (Fsp3) is 0.500. The molecule has 0 radical (unpaired) electrons. The van der Waals surface area contributed by atoms with Crippen molar-refractivity contribution in [2.75, 3.05) is 18.0 Å². The van der Waals surface area contributed by atoms with Crippen LogP contribution in [0.25, 0.3) is 0 Å². The van der Waals surface area contributed by atoms with Gasteiger partial charge in [-0.15, -0.1) is 0 Å². The van der Waals surface area contributed by atoms with Crippen LogP contribution in [0.5, 0.6) is 11.5 Å². The SMILES string of the molecule is CC(C)Oc1ccc(F)c(N2CCC(Oc3ccc(CN4N=C(C(F)(F)F)C[C@H]4CC(=O)O)cc3)C(C)C2)c1. The molecule has 1 saturated heterocycles. The Kier molecular flexibility index (Phi) is 8.56. The first-order valence-electron chi connectivity index (χ1n) is 13.0. The fourth-order valence-electron chi connectivity index (χ4n) is 4.96. The molecule has 0 aromatic heterocycles. The lowest BCUT2D eigenvalue weighted by Crippen LogP contribution is -2.44. The number of rotatable bonds is 9. The smallest absolute Gasteiger partial charge is 0.431 e. The molecule has 39 heavy (non-hydrogen) atoms. The number of ether oxygens (including phenoxy) is 2. The van der Waals surface area contributed by atoms with Crippen molar-refractivity contribution in [3.05, 3.63) is 53.8 Å². The van der Waals surface area contributed by atoms with Gasteiger partial charge in [0.2, 0.25) is 0 Å². The van der Waals surface area contributed by atoms with Crippen LogP contribution in [0.15, 0.2) is 47.6 Å². The van der Waals surface area contributed by atoms with Crippen LogP contribution in [-0.2, 0) is 11.3 Å². The number of carboxylic acid groups (broad SMARTS) is 1. The Hall–Kier alpha value is -3.50. The van der Waals surface area contributed by atoms with Crippen LogP contribution < -0.4 is 14.4 Å². The first-order valence-corrected chi connectivity index (χ1v) is 13.0. The quantitative estimate of drug-likeness (QED) is 0.393. The van der Waals surface area contributed by atoms with Gasteiger partial charge >= 0.3 is 12.1 Å². The standard InChI is InChI=1S/C28H33F4N3O4/c1-17(2)38-22-8-9-23(29)24(14-22)34-11-10-25(18(3)15-34)39-21-6-4-19(5-7-21)16-35-20(13-27(36)37)12-26(33-35)28(30,31)32/h4-9,14,17-18,20,25H,10-13,15-16H2,1-3H3,(H,36,37)/t18?,20-,25?/m0/s1. The molecular formula is C28H33F4N3O4. The molecule has 2 aliphatic heterocycles. The number of piperidine rings is 1. The van der Waals surface area contributed by atoms with Crippen molar-refractivity contribution in [3.63, 3.8) is 0 Å². The number of hydrazone groups is 1. The van der Waals surface area contributed by atoms with Crippen molar-refractivity contribution in [3.8, 4) is 11.5 Å². The molecule has 2 aromatic rings. The number of carboxylic acids is 1.